The van der Waals surface area contributed by atoms with Crippen LogP contribution in [0.25, 0.3) is 22.5 Å². The van der Waals surface area contributed by atoms with E-state index in [1.165, 1.54) is 0 Å². The lowest BCUT2D eigenvalue weighted by molar-refractivity contribution is 0.276. The van der Waals surface area contributed by atoms with E-state index in [1.807, 2.05) is 44.2 Å². The molecule has 0 aliphatic rings. The van der Waals surface area contributed by atoms with Crippen LogP contribution in [0, 0.1) is 6.92 Å². The van der Waals surface area contributed by atoms with Crippen LogP contribution in [0.3, 0.4) is 0 Å². The van der Waals surface area contributed by atoms with Gasteiger partial charge in [-0.25, -0.2) is 9.97 Å². The summed E-state index contributed by atoms with van der Waals surface area (Å²) in [7, 11) is 0. The van der Waals surface area contributed by atoms with E-state index in [2.05, 4.69) is 40.8 Å². The second-order valence-electron chi connectivity index (χ2n) is 8.49. The number of benzene rings is 1. The smallest absolute Gasteiger partial charge is 0.273 e. The van der Waals surface area contributed by atoms with Gasteiger partial charge in [0.1, 0.15) is 17.2 Å². The van der Waals surface area contributed by atoms with Gasteiger partial charge in [0.25, 0.3) is 11.4 Å². The Morgan fingerprint density at radius 1 is 1.11 bits per heavy atom. The minimum Gasteiger partial charge on any atom is -0.394 e. The lowest BCUT2D eigenvalue weighted by atomic mass is 10.1. The molecule has 0 saturated carbocycles. The van der Waals surface area contributed by atoms with E-state index >= 15 is 0 Å². The Bertz CT molecular complexity index is 1560. The number of aryl methyl sites for hydroxylation is 1. The number of aromatic nitrogens is 7. The SMILES string of the molecule is Cc1noc(-c2cnc(Nc3ccc4c(=O)[nH]n(C(C)C)c4n3)nc2N[C@H](CO)c2ccccc2)n1. The molecule has 5 rings (SSSR count). The molecule has 0 radical (unpaired) electrons. The summed E-state index contributed by atoms with van der Waals surface area (Å²) in [6.07, 6.45) is 1.56. The van der Waals surface area contributed by atoms with Crippen molar-refractivity contribution in [3.05, 3.63) is 70.4 Å². The second-order valence-corrected chi connectivity index (χ2v) is 8.49. The monoisotopic (exact) mass is 487 g/mol. The van der Waals surface area contributed by atoms with Gasteiger partial charge < -0.3 is 20.3 Å². The van der Waals surface area contributed by atoms with Crippen LogP contribution in [-0.2, 0) is 0 Å². The Kier molecular flexibility index (Phi) is 6.17. The van der Waals surface area contributed by atoms with E-state index in [1.54, 1.807) is 29.9 Å². The molecule has 184 valence electrons. The first-order valence-electron chi connectivity index (χ1n) is 11.4. The molecule has 12 heteroatoms. The molecule has 0 unspecified atom stereocenters. The van der Waals surface area contributed by atoms with E-state index in [0.29, 0.717) is 34.1 Å². The molecule has 0 saturated heterocycles. The fourth-order valence-electron chi connectivity index (χ4n) is 3.79. The molecule has 0 amide bonds. The van der Waals surface area contributed by atoms with Gasteiger partial charge in [-0.05, 0) is 38.5 Å². The summed E-state index contributed by atoms with van der Waals surface area (Å²) in [4.78, 5) is 30.1. The van der Waals surface area contributed by atoms with Crippen molar-refractivity contribution in [2.45, 2.75) is 32.9 Å². The molecule has 0 spiro atoms. The standard InChI is InChI=1S/C24H25N9O3/c1-13(2)33-21-16(22(35)31-33)9-10-19(28-21)29-24-25-11-17(23-26-14(3)32-36-23)20(30-24)27-18(12-34)15-7-5-4-6-8-15/h4-11,13,18,34H,12H2,1-3H3,(H,31,35)(H2,25,27,28,29,30)/t18-/m1/s1. The number of hydrogen-bond donors (Lipinski definition) is 4. The molecule has 4 aromatic heterocycles. The minimum atomic E-state index is -0.438. The Morgan fingerprint density at radius 2 is 1.92 bits per heavy atom. The van der Waals surface area contributed by atoms with Crippen molar-refractivity contribution in [2.24, 2.45) is 0 Å². The van der Waals surface area contributed by atoms with Crippen molar-refractivity contribution in [1.29, 1.82) is 0 Å². The molecule has 0 bridgehead atoms. The summed E-state index contributed by atoms with van der Waals surface area (Å²) in [5.74, 6) is 1.83. The number of anilines is 3. The molecule has 4 heterocycles. The van der Waals surface area contributed by atoms with Crippen LogP contribution in [0.15, 0.2) is 58.0 Å². The van der Waals surface area contributed by atoms with Crippen LogP contribution >= 0.6 is 0 Å². The van der Waals surface area contributed by atoms with Crippen molar-refractivity contribution in [1.82, 2.24) is 34.9 Å². The van der Waals surface area contributed by atoms with Gasteiger partial charge in [0, 0.05) is 12.2 Å². The van der Waals surface area contributed by atoms with Gasteiger partial charge in [0.15, 0.2) is 11.5 Å². The first kappa shape index (κ1) is 23.2. The number of aromatic amines is 1. The van der Waals surface area contributed by atoms with Crippen molar-refractivity contribution < 1.29 is 9.63 Å². The molecular formula is C24H25N9O3. The van der Waals surface area contributed by atoms with Gasteiger partial charge in [-0.2, -0.15) is 9.97 Å². The molecule has 0 aliphatic heterocycles. The Labute approximate surface area is 205 Å². The summed E-state index contributed by atoms with van der Waals surface area (Å²) in [5, 5.41) is 23.6. The van der Waals surface area contributed by atoms with Crippen LogP contribution in [0.4, 0.5) is 17.6 Å². The van der Waals surface area contributed by atoms with Crippen molar-refractivity contribution >= 4 is 28.6 Å². The van der Waals surface area contributed by atoms with Gasteiger partial charge in [-0.15, -0.1) is 0 Å². The van der Waals surface area contributed by atoms with E-state index in [-0.39, 0.29) is 30.0 Å². The van der Waals surface area contributed by atoms with Crippen molar-refractivity contribution in [3.63, 3.8) is 0 Å². The summed E-state index contributed by atoms with van der Waals surface area (Å²) in [6, 6.07) is 12.5. The largest absolute Gasteiger partial charge is 0.394 e. The first-order valence-corrected chi connectivity index (χ1v) is 11.4. The lowest BCUT2D eigenvalue weighted by Gasteiger charge is -2.19. The highest BCUT2D eigenvalue weighted by Gasteiger charge is 2.20. The van der Waals surface area contributed by atoms with Gasteiger partial charge in [-0.3, -0.25) is 14.6 Å². The fraction of sp³-hybridized carbons (Fsp3) is 0.250. The highest BCUT2D eigenvalue weighted by atomic mass is 16.5. The molecule has 0 fully saturated rings. The molecule has 1 atom stereocenters. The third-order valence-electron chi connectivity index (χ3n) is 5.57. The number of nitrogens with zero attached hydrogens (tertiary/aromatic N) is 6. The van der Waals surface area contributed by atoms with Gasteiger partial charge in [0.05, 0.1) is 18.0 Å². The summed E-state index contributed by atoms with van der Waals surface area (Å²) in [6.45, 7) is 5.47. The highest BCUT2D eigenvalue weighted by Crippen LogP contribution is 2.29. The number of H-pyrrole nitrogens is 1. The van der Waals surface area contributed by atoms with Crippen LogP contribution in [0.1, 0.15) is 37.3 Å². The molecular weight excluding hydrogens is 462 g/mol. The van der Waals surface area contributed by atoms with Crippen LogP contribution < -0.4 is 16.2 Å². The number of rotatable bonds is 8. The summed E-state index contributed by atoms with van der Waals surface area (Å²) in [5.41, 5.74) is 1.70. The maximum absolute atomic E-state index is 12.2. The molecule has 1 aromatic carbocycles. The van der Waals surface area contributed by atoms with Crippen molar-refractivity contribution in [3.8, 4) is 11.5 Å². The molecule has 5 aromatic rings. The quantitative estimate of drug-likeness (QED) is 0.255. The predicted octanol–water partition coefficient (Wildman–Crippen LogP) is 3.34. The number of fused-ring (bicyclic) bond motifs is 1. The minimum absolute atomic E-state index is 0.0237. The molecule has 4 N–H and O–H groups in total. The number of nitrogens with one attached hydrogen (secondary N) is 3. The topological polar surface area (TPSA) is 160 Å². The lowest BCUT2D eigenvalue weighted by Crippen LogP contribution is -2.17. The zero-order chi connectivity index (χ0) is 25.2. The number of pyridine rings is 1. The maximum Gasteiger partial charge on any atom is 0.273 e. The third kappa shape index (κ3) is 4.53. The number of hydrogen-bond acceptors (Lipinski definition) is 10. The normalized spacial score (nSPS) is 12.2. The second kappa shape index (κ2) is 9.58. The zero-order valence-corrected chi connectivity index (χ0v) is 19.9. The predicted molar refractivity (Wildman–Crippen MR) is 134 cm³/mol. The Balaban J connectivity index is 1.52. The van der Waals surface area contributed by atoms with E-state index in [4.69, 9.17) is 4.52 Å². The first-order chi connectivity index (χ1) is 17.4. The van der Waals surface area contributed by atoms with E-state index in [9.17, 15) is 9.90 Å². The van der Waals surface area contributed by atoms with E-state index < -0.39 is 6.04 Å². The zero-order valence-electron chi connectivity index (χ0n) is 19.9. The van der Waals surface area contributed by atoms with Crippen LogP contribution in [0.2, 0.25) is 0 Å². The van der Waals surface area contributed by atoms with Crippen LogP contribution in [0.5, 0.6) is 0 Å². The Morgan fingerprint density at radius 3 is 2.61 bits per heavy atom. The molecule has 36 heavy (non-hydrogen) atoms. The maximum atomic E-state index is 12.2. The van der Waals surface area contributed by atoms with Crippen molar-refractivity contribution in [2.75, 3.05) is 17.2 Å². The molecule has 0 aliphatic carbocycles. The number of aliphatic hydroxyl groups is 1. The Hall–Kier alpha value is -4.58. The fourth-order valence-corrected chi connectivity index (χ4v) is 3.79. The average molecular weight is 488 g/mol. The number of aliphatic hydroxyl groups excluding tert-OH is 1. The average Bonchev–Trinajstić information content (AvgIpc) is 3.46. The summed E-state index contributed by atoms with van der Waals surface area (Å²) < 4.78 is 7.06. The molecule has 12 nitrogen and oxygen atoms in total. The van der Waals surface area contributed by atoms with Gasteiger partial charge in [-0.1, -0.05) is 35.5 Å². The van der Waals surface area contributed by atoms with Gasteiger partial charge in [0.2, 0.25) is 5.95 Å². The van der Waals surface area contributed by atoms with Gasteiger partial charge >= 0.3 is 0 Å². The van der Waals surface area contributed by atoms with E-state index in [0.717, 1.165) is 5.56 Å². The third-order valence-corrected chi connectivity index (χ3v) is 5.57. The van der Waals surface area contributed by atoms with Crippen LogP contribution in [-0.4, -0.2) is 46.6 Å². The highest BCUT2D eigenvalue weighted by molar-refractivity contribution is 5.77. The summed E-state index contributed by atoms with van der Waals surface area (Å²) >= 11 is 0.